The Morgan fingerprint density at radius 2 is 1.94 bits per heavy atom. The molecule has 0 saturated carbocycles. The first-order valence-electron chi connectivity index (χ1n) is 10.9. The molecule has 1 amide bonds. The Hall–Kier alpha value is -3.33. The summed E-state index contributed by atoms with van der Waals surface area (Å²) < 4.78 is 7.16. The normalized spacial score (nSPS) is 14.3. The SMILES string of the molecule is Cc1cccc(-c2nn(-c3ccccc3)cc2C(=O)Nc2nc(CN3CCOCC3)cs2)c1. The quantitative estimate of drug-likeness (QED) is 0.463. The van der Waals surface area contributed by atoms with Crippen LogP contribution in [0.3, 0.4) is 0 Å². The second-order valence-electron chi connectivity index (χ2n) is 8.03. The molecule has 0 unspecified atom stereocenters. The van der Waals surface area contributed by atoms with Gasteiger partial charge in [0, 0.05) is 36.8 Å². The van der Waals surface area contributed by atoms with Crippen LogP contribution >= 0.6 is 11.3 Å². The van der Waals surface area contributed by atoms with Crippen LogP contribution in [0.1, 0.15) is 21.6 Å². The predicted octanol–water partition coefficient (Wildman–Crippen LogP) is 4.39. The van der Waals surface area contributed by atoms with Gasteiger partial charge in [0.15, 0.2) is 5.13 Å². The molecular weight excluding hydrogens is 434 g/mol. The molecule has 8 heteroatoms. The predicted molar refractivity (Wildman–Crippen MR) is 130 cm³/mol. The lowest BCUT2D eigenvalue weighted by Crippen LogP contribution is -2.35. The van der Waals surface area contributed by atoms with Gasteiger partial charge in [0.1, 0.15) is 5.69 Å². The minimum absolute atomic E-state index is 0.221. The average Bonchev–Trinajstić information content (AvgIpc) is 3.48. The van der Waals surface area contributed by atoms with Gasteiger partial charge in [-0.1, -0.05) is 42.0 Å². The highest BCUT2D eigenvalue weighted by Crippen LogP contribution is 2.26. The molecule has 168 valence electrons. The van der Waals surface area contributed by atoms with Crippen molar-refractivity contribution in [1.82, 2.24) is 19.7 Å². The Balaban J connectivity index is 1.40. The molecule has 2 aromatic carbocycles. The lowest BCUT2D eigenvalue weighted by molar-refractivity contribution is 0.0337. The van der Waals surface area contributed by atoms with Gasteiger partial charge >= 0.3 is 0 Å². The van der Waals surface area contributed by atoms with Crippen molar-refractivity contribution in [3.05, 3.63) is 83.0 Å². The zero-order valence-electron chi connectivity index (χ0n) is 18.4. The summed E-state index contributed by atoms with van der Waals surface area (Å²) in [5.74, 6) is -0.221. The van der Waals surface area contributed by atoms with Crippen LogP contribution in [-0.2, 0) is 11.3 Å². The standard InChI is InChI=1S/C25H25N5O2S/c1-18-6-5-7-19(14-18)23-22(16-30(28-23)21-8-3-2-4-9-21)24(31)27-25-26-20(17-33-25)15-29-10-12-32-13-11-29/h2-9,14,16-17H,10-13,15H2,1H3,(H,26,27,31). The number of rotatable bonds is 6. The van der Waals surface area contributed by atoms with E-state index < -0.39 is 0 Å². The number of benzene rings is 2. The summed E-state index contributed by atoms with van der Waals surface area (Å²) in [7, 11) is 0. The van der Waals surface area contributed by atoms with Gasteiger partial charge in [-0.25, -0.2) is 9.67 Å². The molecule has 0 spiro atoms. The molecule has 1 N–H and O–H groups in total. The van der Waals surface area contributed by atoms with Crippen LogP contribution in [0, 0.1) is 6.92 Å². The monoisotopic (exact) mass is 459 g/mol. The molecule has 33 heavy (non-hydrogen) atoms. The molecule has 2 aromatic heterocycles. The second-order valence-corrected chi connectivity index (χ2v) is 8.89. The molecule has 5 rings (SSSR count). The summed E-state index contributed by atoms with van der Waals surface area (Å²) in [5, 5.41) is 10.3. The number of nitrogens with one attached hydrogen (secondary N) is 1. The van der Waals surface area contributed by atoms with Gasteiger partial charge in [0.05, 0.1) is 30.2 Å². The number of anilines is 1. The molecule has 0 radical (unpaired) electrons. The lowest BCUT2D eigenvalue weighted by Gasteiger charge is -2.25. The summed E-state index contributed by atoms with van der Waals surface area (Å²) >= 11 is 1.44. The Kier molecular flexibility index (Phi) is 6.30. The molecule has 3 heterocycles. The van der Waals surface area contributed by atoms with E-state index in [1.165, 1.54) is 11.3 Å². The lowest BCUT2D eigenvalue weighted by atomic mass is 10.1. The minimum Gasteiger partial charge on any atom is -0.379 e. The molecule has 7 nitrogen and oxygen atoms in total. The topological polar surface area (TPSA) is 72.3 Å². The molecule has 1 aliphatic heterocycles. The van der Waals surface area contributed by atoms with Gasteiger partial charge in [-0.3, -0.25) is 15.0 Å². The molecular formula is C25H25N5O2S. The van der Waals surface area contributed by atoms with Crippen molar-refractivity contribution in [2.45, 2.75) is 13.5 Å². The highest BCUT2D eigenvalue weighted by Gasteiger charge is 2.20. The van der Waals surface area contributed by atoms with Crippen LogP contribution in [0.5, 0.6) is 0 Å². The van der Waals surface area contributed by atoms with Crippen LogP contribution < -0.4 is 5.32 Å². The highest BCUT2D eigenvalue weighted by molar-refractivity contribution is 7.14. The second kappa shape index (κ2) is 9.66. The van der Waals surface area contributed by atoms with Crippen LogP contribution in [-0.4, -0.2) is 51.9 Å². The number of ether oxygens (including phenoxy) is 1. The van der Waals surface area contributed by atoms with Gasteiger partial charge < -0.3 is 4.74 Å². The summed E-state index contributed by atoms with van der Waals surface area (Å²) in [5.41, 5.74) is 5.02. The Bertz CT molecular complexity index is 1240. The van der Waals surface area contributed by atoms with Crippen LogP contribution in [0.15, 0.2) is 66.2 Å². The summed E-state index contributed by atoms with van der Waals surface area (Å²) in [6, 6.07) is 17.8. The van der Waals surface area contributed by atoms with Gasteiger partial charge in [0.25, 0.3) is 5.91 Å². The average molecular weight is 460 g/mol. The first-order valence-corrected chi connectivity index (χ1v) is 11.8. The fourth-order valence-electron chi connectivity index (χ4n) is 3.85. The van der Waals surface area contributed by atoms with E-state index in [0.29, 0.717) is 16.4 Å². The number of hydrogen-bond donors (Lipinski definition) is 1. The number of aryl methyl sites for hydroxylation is 1. The molecule has 1 fully saturated rings. The fourth-order valence-corrected chi connectivity index (χ4v) is 4.54. The Labute approximate surface area is 196 Å². The van der Waals surface area contributed by atoms with Crippen molar-refractivity contribution in [3.8, 4) is 16.9 Å². The van der Waals surface area contributed by atoms with E-state index in [9.17, 15) is 4.79 Å². The highest BCUT2D eigenvalue weighted by atomic mass is 32.1. The fraction of sp³-hybridized carbons (Fsp3) is 0.240. The van der Waals surface area contributed by atoms with E-state index in [1.54, 1.807) is 10.9 Å². The van der Waals surface area contributed by atoms with Crippen molar-refractivity contribution in [2.24, 2.45) is 0 Å². The smallest absolute Gasteiger partial charge is 0.261 e. The van der Waals surface area contributed by atoms with Crippen molar-refractivity contribution in [1.29, 1.82) is 0 Å². The molecule has 1 aliphatic rings. The van der Waals surface area contributed by atoms with E-state index in [2.05, 4.69) is 15.2 Å². The van der Waals surface area contributed by atoms with Crippen LogP contribution in [0.25, 0.3) is 16.9 Å². The maximum atomic E-state index is 13.3. The number of morpholine rings is 1. The van der Waals surface area contributed by atoms with Gasteiger partial charge in [0.2, 0.25) is 0 Å². The van der Waals surface area contributed by atoms with Crippen LogP contribution in [0.4, 0.5) is 5.13 Å². The maximum Gasteiger partial charge on any atom is 0.261 e. The summed E-state index contributed by atoms with van der Waals surface area (Å²) in [6.45, 7) is 6.09. The summed E-state index contributed by atoms with van der Waals surface area (Å²) in [6.07, 6.45) is 1.78. The van der Waals surface area contributed by atoms with Gasteiger partial charge in [-0.15, -0.1) is 11.3 Å². The zero-order chi connectivity index (χ0) is 22.6. The van der Waals surface area contributed by atoms with Crippen molar-refractivity contribution in [3.63, 3.8) is 0 Å². The van der Waals surface area contributed by atoms with Crippen molar-refractivity contribution in [2.75, 3.05) is 31.6 Å². The number of aromatic nitrogens is 3. The Morgan fingerprint density at radius 1 is 1.12 bits per heavy atom. The molecule has 0 bridgehead atoms. The number of carbonyl (C=O) groups excluding carboxylic acids is 1. The van der Waals surface area contributed by atoms with Crippen molar-refractivity contribution >= 4 is 22.4 Å². The largest absolute Gasteiger partial charge is 0.379 e. The molecule has 0 atom stereocenters. The Morgan fingerprint density at radius 3 is 2.73 bits per heavy atom. The first kappa shape index (κ1) is 21.5. The maximum absolute atomic E-state index is 13.3. The number of amides is 1. The van der Waals surface area contributed by atoms with E-state index >= 15 is 0 Å². The molecule has 0 aliphatic carbocycles. The molecule has 1 saturated heterocycles. The van der Waals surface area contributed by atoms with Gasteiger partial charge in [-0.2, -0.15) is 5.10 Å². The molecule has 4 aromatic rings. The minimum atomic E-state index is -0.221. The third kappa shape index (κ3) is 5.03. The van der Waals surface area contributed by atoms with E-state index in [0.717, 1.165) is 55.4 Å². The third-order valence-electron chi connectivity index (χ3n) is 5.53. The number of nitrogens with zero attached hydrogens (tertiary/aromatic N) is 4. The third-order valence-corrected chi connectivity index (χ3v) is 6.34. The number of thiazole rings is 1. The number of hydrogen-bond acceptors (Lipinski definition) is 6. The van der Waals surface area contributed by atoms with Crippen LogP contribution in [0.2, 0.25) is 0 Å². The number of carbonyl (C=O) groups is 1. The summed E-state index contributed by atoms with van der Waals surface area (Å²) in [4.78, 5) is 20.2. The van der Waals surface area contributed by atoms with Gasteiger partial charge in [-0.05, 0) is 25.1 Å². The van der Waals surface area contributed by atoms with E-state index in [1.807, 2.05) is 66.9 Å². The van der Waals surface area contributed by atoms with E-state index in [-0.39, 0.29) is 5.91 Å². The van der Waals surface area contributed by atoms with Crippen molar-refractivity contribution < 1.29 is 9.53 Å². The number of para-hydroxylation sites is 1. The zero-order valence-corrected chi connectivity index (χ0v) is 19.2. The first-order chi connectivity index (χ1) is 16.2. The van der Waals surface area contributed by atoms with E-state index in [4.69, 9.17) is 9.84 Å².